The summed E-state index contributed by atoms with van der Waals surface area (Å²) < 4.78 is 31.0. The molecular weight excluding hydrogens is 364 g/mol. The predicted octanol–water partition coefficient (Wildman–Crippen LogP) is 2.57. The zero-order valence-electron chi connectivity index (χ0n) is 16.2. The Kier molecular flexibility index (Phi) is 6.85. The van der Waals surface area contributed by atoms with Gasteiger partial charge in [-0.05, 0) is 56.2 Å². The Hall–Kier alpha value is -2.54. The molecule has 1 amide bonds. The molecule has 0 heterocycles. The van der Waals surface area contributed by atoms with Crippen molar-refractivity contribution in [3.8, 4) is 5.75 Å². The van der Waals surface area contributed by atoms with Gasteiger partial charge in [0.1, 0.15) is 5.75 Å². The molecular formula is C20H26N2O4S. The number of hydrogen-bond acceptors (Lipinski definition) is 4. The third-order valence-corrected chi connectivity index (χ3v) is 5.40. The fourth-order valence-corrected chi connectivity index (χ4v) is 3.42. The molecule has 0 fully saturated rings. The van der Waals surface area contributed by atoms with Crippen molar-refractivity contribution in [3.05, 3.63) is 59.2 Å². The van der Waals surface area contributed by atoms with Crippen LogP contribution in [0.1, 0.15) is 16.7 Å². The smallest absolute Gasteiger partial charge is 0.258 e. The maximum atomic E-state index is 12.1. The second kappa shape index (κ2) is 8.90. The van der Waals surface area contributed by atoms with Crippen molar-refractivity contribution in [3.63, 3.8) is 0 Å². The summed E-state index contributed by atoms with van der Waals surface area (Å²) in [5, 5.41) is 2.69. The van der Waals surface area contributed by atoms with E-state index < -0.39 is 10.0 Å². The SMILES string of the molecule is Cc1ccc(OCC(=O)NCCN(c2ccc(C)c(C)c2)S(C)(=O)=O)cc1. The normalized spacial score (nSPS) is 11.1. The quantitative estimate of drug-likeness (QED) is 0.752. The Labute approximate surface area is 161 Å². The molecule has 2 rings (SSSR count). The summed E-state index contributed by atoms with van der Waals surface area (Å²) in [6.45, 7) is 6.10. The van der Waals surface area contributed by atoms with Crippen molar-refractivity contribution < 1.29 is 17.9 Å². The Morgan fingerprint density at radius 3 is 2.30 bits per heavy atom. The van der Waals surface area contributed by atoms with Crippen LogP contribution in [0.15, 0.2) is 42.5 Å². The number of hydrogen-bond donors (Lipinski definition) is 1. The molecule has 0 saturated heterocycles. The third-order valence-electron chi connectivity index (χ3n) is 4.21. The second-order valence-electron chi connectivity index (χ2n) is 6.56. The standard InChI is InChI=1S/C20H26N2O4S/c1-15-5-9-19(10-6-15)26-14-20(23)21-11-12-22(27(4,24)25)18-8-7-16(2)17(3)13-18/h5-10,13H,11-12,14H2,1-4H3,(H,21,23). The van der Waals surface area contributed by atoms with Gasteiger partial charge in [0.05, 0.1) is 18.5 Å². The largest absolute Gasteiger partial charge is 0.484 e. The average Bonchev–Trinajstić information content (AvgIpc) is 2.60. The van der Waals surface area contributed by atoms with Gasteiger partial charge in [-0.25, -0.2) is 8.42 Å². The third kappa shape index (κ3) is 6.29. The molecule has 0 aromatic heterocycles. The first-order valence-electron chi connectivity index (χ1n) is 8.68. The highest BCUT2D eigenvalue weighted by Gasteiger charge is 2.18. The molecule has 1 N–H and O–H groups in total. The highest BCUT2D eigenvalue weighted by atomic mass is 32.2. The molecule has 0 aliphatic heterocycles. The number of nitrogens with one attached hydrogen (secondary N) is 1. The molecule has 0 unspecified atom stereocenters. The van der Waals surface area contributed by atoms with E-state index in [0.717, 1.165) is 22.9 Å². The summed E-state index contributed by atoms with van der Waals surface area (Å²) in [5.41, 5.74) is 3.80. The van der Waals surface area contributed by atoms with Crippen LogP contribution in [-0.2, 0) is 14.8 Å². The van der Waals surface area contributed by atoms with Gasteiger partial charge >= 0.3 is 0 Å². The Balaban J connectivity index is 1.90. The van der Waals surface area contributed by atoms with E-state index in [2.05, 4.69) is 5.32 Å². The van der Waals surface area contributed by atoms with E-state index in [4.69, 9.17) is 4.74 Å². The Bertz CT molecular complexity index is 893. The van der Waals surface area contributed by atoms with E-state index >= 15 is 0 Å². The lowest BCUT2D eigenvalue weighted by molar-refractivity contribution is -0.123. The number of aryl methyl sites for hydroxylation is 3. The molecule has 2 aromatic carbocycles. The number of amides is 1. The zero-order chi connectivity index (χ0) is 20.0. The van der Waals surface area contributed by atoms with Gasteiger partial charge in [0, 0.05) is 6.54 Å². The Morgan fingerprint density at radius 2 is 1.70 bits per heavy atom. The van der Waals surface area contributed by atoms with Gasteiger partial charge in [0.2, 0.25) is 10.0 Å². The highest BCUT2D eigenvalue weighted by molar-refractivity contribution is 7.92. The van der Waals surface area contributed by atoms with Crippen molar-refractivity contribution in [2.45, 2.75) is 20.8 Å². The van der Waals surface area contributed by atoms with Gasteiger partial charge in [-0.3, -0.25) is 9.10 Å². The average molecular weight is 391 g/mol. The molecule has 0 bridgehead atoms. The van der Waals surface area contributed by atoms with Gasteiger partial charge < -0.3 is 10.1 Å². The van der Waals surface area contributed by atoms with Gasteiger partial charge in [0.25, 0.3) is 5.91 Å². The zero-order valence-corrected chi connectivity index (χ0v) is 17.0. The molecule has 27 heavy (non-hydrogen) atoms. The summed E-state index contributed by atoms with van der Waals surface area (Å²) in [6, 6.07) is 12.9. The number of anilines is 1. The topological polar surface area (TPSA) is 75.7 Å². The lowest BCUT2D eigenvalue weighted by atomic mass is 10.1. The number of carbonyl (C=O) groups excluding carboxylic acids is 1. The van der Waals surface area contributed by atoms with E-state index in [0.29, 0.717) is 11.4 Å². The van der Waals surface area contributed by atoms with Crippen LogP contribution in [0, 0.1) is 20.8 Å². The van der Waals surface area contributed by atoms with Crippen LogP contribution in [-0.4, -0.2) is 40.3 Å². The lowest BCUT2D eigenvalue weighted by Crippen LogP contribution is -2.39. The van der Waals surface area contributed by atoms with Gasteiger partial charge in [-0.15, -0.1) is 0 Å². The number of carbonyl (C=O) groups is 1. The summed E-state index contributed by atoms with van der Waals surface area (Å²) in [7, 11) is -3.45. The Morgan fingerprint density at radius 1 is 1.04 bits per heavy atom. The van der Waals surface area contributed by atoms with Crippen LogP contribution >= 0.6 is 0 Å². The molecule has 0 radical (unpaired) electrons. The minimum absolute atomic E-state index is 0.119. The molecule has 2 aromatic rings. The molecule has 0 atom stereocenters. The van der Waals surface area contributed by atoms with Gasteiger partial charge in [0.15, 0.2) is 6.61 Å². The molecule has 0 spiro atoms. The number of benzene rings is 2. The van der Waals surface area contributed by atoms with Crippen LogP contribution in [0.3, 0.4) is 0 Å². The van der Waals surface area contributed by atoms with Crippen molar-refractivity contribution in [2.75, 3.05) is 30.3 Å². The van der Waals surface area contributed by atoms with Gasteiger partial charge in [-0.1, -0.05) is 23.8 Å². The number of ether oxygens (including phenoxy) is 1. The molecule has 146 valence electrons. The first-order chi connectivity index (χ1) is 12.7. The van der Waals surface area contributed by atoms with E-state index in [-0.39, 0.29) is 25.6 Å². The van der Waals surface area contributed by atoms with Crippen molar-refractivity contribution in [2.24, 2.45) is 0 Å². The van der Waals surface area contributed by atoms with Crippen LogP contribution in [0.5, 0.6) is 5.75 Å². The van der Waals surface area contributed by atoms with Crippen LogP contribution < -0.4 is 14.4 Å². The fourth-order valence-electron chi connectivity index (χ4n) is 2.50. The van der Waals surface area contributed by atoms with E-state index in [1.54, 1.807) is 18.2 Å². The monoisotopic (exact) mass is 390 g/mol. The van der Waals surface area contributed by atoms with Crippen molar-refractivity contribution in [1.29, 1.82) is 0 Å². The van der Waals surface area contributed by atoms with Gasteiger partial charge in [-0.2, -0.15) is 0 Å². The minimum Gasteiger partial charge on any atom is -0.484 e. The summed E-state index contributed by atoms with van der Waals surface area (Å²) in [6.07, 6.45) is 1.16. The summed E-state index contributed by atoms with van der Waals surface area (Å²) in [4.78, 5) is 11.9. The minimum atomic E-state index is -3.45. The molecule has 6 nitrogen and oxygen atoms in total. The lowest BCUT2D eigenvalue weighted by Gasteiger charge is -2.23. The van der Waals surface area contributed by atoms with E-state index in [9.17, 15) is 13.2 Å². The van der Waals surface area contributed by atoms with E-state index in [1.165, 1.54) is 4.31 Å². The molecule has 7 heteroatoms. The van der Waals surface area contributed by atoms with Crippen LogP contribution in [0.4, 0.5) is 5.69 Å². The summed E-state index contributed by atoms with van der Waals surface area (Å²) in [5.74, 6) is 0.313. The molecule has 0 aliphatic carbocycles. The second-order valence-corrected chi connectivity index (χ2v) is 8.46. The fraction of sp³-hybridized carbons (Fsp3) is 0.350. The van der Waals surface area contributed by atoms with Crippen molar-refractivity contribution in [1.82, 2.24) is 5.32 Å². The summed E-state index contributed by atoms with van der Waals surface area (Å²) >= 11 is 0. The predicted molar refractivity (Wildman–Crippen MR) is 108 cm³/mol. The number of sulfonamides is 1. The van der Waals surface area contributed by atoms with Crippen LogP contribution in [0.2, 0.25) is 0 Å². The van der Waals surface area contributed by atoms with Crippen LogP contribution in [0.25, 0.3) is 0 Å². The maximum absolute atomic E-state index is 12.1. The maximum Gasteiger partial charge on any atom is 0.258 e. The highest BCUT2D eigenvalue weighted by Crippen LogP contribution is 2.20. The first-order valence-corrected chi connectivity index (χ1v) is 10.5. The molecule has 0 aliphatic rings. The first kappa shape index (κ1) is 20.8. The molecule has 0 saturated carbocycles. The number of rotatable bonds is 8. The van der Waals surface area contributed by atoms with Crippen molar-refractivity contribution >= 4 is 21.6 Å². The number of nitrogens with zero attached hydrogens (tertiary/aromatic N) is 1. The van der Waals surface area contributed by atoms with E-state index in [1.807, 2.05) is 45.0 Å².